The van der Waals surface area contributed by atoms with E-state index in [0.29, 0.717) is 12.2 Å². The van der Waals surface area contributed by atoms with E-state index in [1.165, 1.54) is 0 Å². The Kier molecular flexibility index (Phi) is 2.93. The second-order valence-electron chi connectivity index (χ2n) is 2.34. The SMILES string of the molecule is CC=CCC(O)c1ccco1. The molecule has 2 nitrogen and oxygen atoms in total. The second-order valence-corrected chi connectivity index (χ2v) is 2.34. The number of hydrogen-bond acceptors (Lipinski definition) is 2. The van der Waals surface area contributed by atoms with Crippen LogP contribution in [-0.4, -0.2) is 5.11 Å². The molecular weight excluding hydrogens is 140 g/mol. The molecule has 1 unspecified atom stereocenters. The Morgan fingerprint density at radius 1 is 1.73 bits per heavy atom. The predicted octanol–water partition coefficient (Wildman–Crippen LogP) is 2.28. The predicted molar refractivity (Wildman–Crippen MR) is 43.1 cm³/mol. The molecule has 0 aliphatic heterocycles. The van der Waals surface area contributed by atoms with Crippen LogP contribution in [0.4, 0.5) is 0 Å². The quantitative estimate of drug-likeness (QED) is 0.674. The van der Waals surface area contributed by atoms with Crippen molar-refractivity contribution in [2.45, 2.75) is 19.4 Å². The monoisotopic (exact) mass is 152 g/mol. The minimum Gasteiger partial charge on any atom is -0.467 e. The molecule has 0 radical (unpaired) electrons. The Balaban J connectivity index is 2.49. The molecule has 11 heavy (non-hydrogen) atoms. The van der Waals surface area contributed by atoms with Gasteiger partial charge in [0, 0.05) is 0 Å². The van der Waals surface area contributed by atoms with Crippen LogP contribution < -0.4 is 0 Å². The molecule has 0 aromatic carbocycles. The number of hydrogen-bond donors (Lipinski definition) is 1. The van der Waals surface area contributed by atoms with Crippen molar-refractivity contribution >= 4 is 0 Å². The highest BCUT2D eigenvalue weighted by molar-refractivity contribution is 5.03. The molecule has 0 saturated carbocycles. The fourth-order valence-electron chi connectivity index (χ4n) is 0.862. The fourth-order valence-corrected chi connectivity index (χ4v) is 0.862. The average Bonchev–Trinajstić information content (AvgIpc) is 2.52. The summed E-state index contributed by atoms with van der Waals surface area (Å²) < 4.78 is 5.01. The minimum atomic E-state index is -0.499. The summed E-state index contributed by atoms with van der Waals surface area (Å²) in [7, 11) is 0. The van der Waals surface area contributed by atoms with Crippen LogP contribution in [0.1, 0.15) is 25.2 Å². The van der Waals surface area contributed by atoms with Gasteiger partial charge < -0.3 is 9.52 Å². The first-order valence-electron chi connectivity index (χ1n) is 3.67. The molecule has 60 valence electrons. The topological polar surface area (TPSA) is 33.4 Å². The summed E-state index contributed by atoms with van der Waals surface area (Å²) in [6.07, 6.45) is 5.50. The molecule has 0 spiro atoms. The van der Waals surface area contributed by atoms with Crippen LogP contribution in [0.25, 0.3) is 0 Å². The van der Waals surface area contributed by atoms with Crippen LogP contribution in [0.5, 0.6) is 0 Å². The molecule has 1 aromatic heterocycles. The zero-order chi connectivity index (χ0) is 8.10. The molecule has 1 aromatic rings. The van der Waals surface area contributed by atoms with Gasteiger partial charge in [-0.1, -0.05) is 12.2 Å². The molecule has 0 bridgehead atoms. The van der Waals surface area contributed by atoms with Crippen molar-refractivity contribution in [3.05, 3.63) is 36.3 Å². The normalized spacial score (nSPS) is 14.0. The van der Waals surface area contributed by atoms with Gasteiger partial charge in [0.1, 0.15) is 11.9 Å². The summed E-state index contributed by atoms with van der Waals surface area (Å²) in [5, 5.41) is 9.40. The maximum atomic E-state index is 9.40. The first kappa shape index (κ1) is 8.08. The molecule has 1 rings (SSSR count). The third-order valence-corrected chi connectivity index (χ3v) is 1.47. The molecule has 0 amide bonds. The first-order chi connectivity index (χ1) is 5.34. The van der Waals surface area contributed by atoms with Crippen molar-refractivity contribution in [2.24, 2.45) is 0 Å². The maximum Gasteiger partial charge on any atom is 0.132 e. The largest absolute Gasteiger partial charge is 0.467 e. The highest BCUT2D eigenvalue weighted by Gasteiger charge is 2.06. The molecule has 1 atom stereocenters. The van der Waals surface area contributed by atoms with E-state index in [2.05, 4.69) is 0 Å². The zero-order valence-electron chi connectivity index (χ0n) is 6.53. The highest BCUT2D eigenvalue weighted by atomic mass is 16.4. The van der Waals surface area contributed by atoms with Crippen molar-refractivity contribution in [1.29, 1.82) is 0 Å². The Bertz CT molecular complexity index is 211. The number of aliphatic hydroxyl groups excluding tert-OH is 1. The molecule has 2 heteroatoms. The van der Waals surface area contributed by atoms with Gasteiger partial charge in [0.2, 0.25) is 0 Å². The van der Waals surface area contributed by atoms with Gasteiger partial charge in [-0.25, -0.2) is 0 Å². The molecule has 0 fully saturated rings. The fraction of sp³-hybridized carbons (Fsp3) is 0.333. The van der Waals surface area contributed by atoms with Crippen molar-refractivity contribution in [1.82, 2.24) is 0 Å². The third-order valence-electron chi connectivity index (χ3n) is 1.47. The van der Waals surface area contributed by atoms with Crippen LogP contribution in [0.15, 0.2) is 35.0 Å². The van der Waals surface area contributed by atoms with E-state index >= 15 is 0 Å². The summed E-state index contributed by atoms with van der Waals surface area (Å²) in [5.74, 6) is 0.628. The lowest BCUT2D eigenvalue weighted by atomic mass is 10.2. The Morgan fingerprint density at radius 2 is 2.55 bits per heavy atom. The number of allylic oxidation sites excluding steroid dienone is 1. The zero-order valence-corrected chi connectivity index (χ0v) is 6.53. The molecular formula is C9H12O2. The van der Waals surface area contributed by atoms with Gasteiger partial charge in [-0.2, -0.15) is 0 Å². The van der Waals surface area contributed by atoms with Crippen LogP contribution in [0.2, 0.25) is 0 Å². The summed E-state index contributed by atoms with van der Waals surface area (Å²) in [5.41, 5.74) is 0. The van der Waals surface area contributed by atoms with E-state index in [1.807, 2.05) is 19.1 Å². The average molecular weight is 152 g/mol. The van der Waals surface area contributed by atoms with Crippen LogP contribution in [0.3, 0.4) is 0 Å². The van der Waals surface area contributed by atoms with E-state index in [9.17, 15) is 5.11 Å². The minimum absolute atomic E-state index is 0.499. The molecule has 1 N–H and O–H groups in total. The second kappa shape index (κ2) is 3.98. The first-order valence-corrected chi connectivity index (χ1v) is 3.67. The van der Waals surface area contributed by atoms with E-state index in [4.69, 9.17) is 4.42 Å². The van der Waals surface area contributed by atoms with Crippen molar-refractivity contribution < 1.29 is 9.52 Å². The van der Waals surface area contributed by atoms with Gasteiger partial charge >= 0.3 is 0 Å². The Hall–Kier alpha value is -1.02. The van der Waals surface area contributed by atoms with Crippen LogP contribution in [-0.2, 0) is 0 Å². The van der Waals surface area contributed by atoms with Gasteiger partial charge in [-0.15, -0.1) is 0 Å². The van der Waals surface area contributed by atoms with E-state index in [0.717, 1.165) is 0 Å². The summed E-state index contributed by atoms with van der Waals surface area (Å²) >= 11 is 0. The number of furan rings is 1. The third kappa shape index (κ3) is 2.24. The molecule has 0 aliphatic carbocycles. The standard InChI is InChI=1S/C9H12O2/c1-2-3-5-8(10)9-6-4-7-11-9/h2-4,6-8,10H,5H2,1H3. The van der Waals surface area contributed by atoms with Crippen LogP contribution >= 0.6 is 0 Å². The number of aliphatic hydroxyl groups is 1. The lowest BCUT2D eigenvalue weighted by Gasteiger charge is -2.01. The van der Waals surface area contributed by atoms with E-state index < -0.39 is 6.10 Å². The van der Waals surface area contributed by atoms with Gasteiger partial charge in [-0.05, 0) is 25.5 Å². The highest BCUT2D eigenvalue weighted by Crippen LogP contribution is 2.16. The maximum absolute atomic E-state index is 9.40. The van der Waals surface area contributed by atoms with Gasteiger partial charge in [-0.3, -0.25) is 0 Å². The molecule has 0 aliphatic rings. The Morgan fingerprint density at radius 3 is 3.09 bits per heavy atom. The van der Waals surface area contributed by atoms with Crippen molar-refractivity contribution in [3.63, 3.8) is 0 Å². The van der Waals surface area contributed by atoms with E-state index in [-0.39, 0.29) is 0 Å². The molecule has 0 saturated heterocycles. The number of rotatable bonds is 3. The summed E-state index contributed by atoms with van der Waals surface area (Å²) in [6, 6.07) is 3.54. The van der Waals surface area contributed by atoms with Gasteiger partial charge in [0.05, 0.1) is 6.26 Å². The smallest absolute Gasteiger partial charge is 0.132 e. The van der Waals surface area contributed by atoms with E-state index in [1.54, 1.807) is 18.4 Å². The summed E-state index contributed by atoms with van der Waals surface area (Å²) in [6.45, 7) is 1.93. The molecule has 1 heterocycles. The van der Waals surface area contributed by atoms with Crippen LogP contribution in [0, 0.1) is 0 Å². The lowest BCUT2D eigenvalue weighted by molar-refractivity contribution is 0.153. The van der Waals surface area contributed by atoms with Gasteiger partial charge in [0.15, 0.2) is 0 Å². The van der Waals surface area contributed by atoms with Crippen molar-refractivity contribution in [3.8, 4) is 0 Å². The lowest BCUT2D eigenvalue weighted by Crippen LogP contribution is -1.92. The van der Waals surface area contributed by atoms with Crippen molar-refractivity contribution in [2.75, 3.05) is 0 Å². The summed E-state index contributed by atoms with van der Waals surface area (Å²) in [4.78, 5) is 0. The Labute approximate surface area is 66.2 Å². The van der Waals surface area contributed by atoms with Gasteiger partial charge in [0.25, 0.3) is 0 Å².